The Morgan fingerprint density at radius 2 is 2.24 bits per heavy atom. The number of benzene rings is 1. The minimum absolute atomic E-state index is 0.121. The molecule has 0 saturated heterocycles. The minimum Gasteiger partial charge on any atom is -0.482 e. The first-order valence-electron chi connectivity index (χ1n) is 7.17. The largest absolute Gasteiger partial charge is 0.482 e. The number of halogens is 2. The van der Waals surface area contributed by atoms with Gasteiger partial charge in [-0.2, -0.15) is 0 Å². The summed E-state index contributed by atoms with van der Waals surface area (Å²) in [6.45, 7) is 0.496. The van der Waals surface area contributed by atoms with E-state index in [0.29, 0.717) is 12.3 Å². The summed E-state index contributed by atoms with van der Waals surface area (Å²) in [5, 5.41) is 2.97. The molecule has 1 aromatic carbocycles. The first-order chi connectivity index (χ1) is 10.1. The third-order valence-electron chi connectivity index (χ3n) is 3.41. The topological polar surface area (TPSA) is 38.3 Å². The van der Waals surface area contributed by atoms with E-state index in [2.05, 4.69) is 11.4 Å². The zero-order chi connectivity index (χ0) is 15.1. The van der Waals surface area contributed by atoms with Crippen LogP contribution in [0.1, 0.15) is 32.1 Å². The van der Waals surface area contributed by atoms with Gasteiger partial charge in [-0.05, 0) is 50.3 Å². The van der Waals surface area contributed by atoms with Crippen LogP contribution in [0.4, 0.5) is 4.39 Å². The second kappa shape index (κ2) is 8.03. The molecule has 0 atom stereocenters. The van der Waals surface area contributed by atoms with Crippen LogP contribution in [0.5, 0.6) is 5.75 Å². The lowest BCUT2D eigenvalue weighted by molar-refractivity contribution is -0.123. The van der Waals surface area contributed by atoms with Crippen LogP contribution in [-0.4, -0.2) is 19.1 Å². The molecular formula is C16H19ClFNO2. The van der Waals surface area contributed by atoms with Gasteiger partial charge in [0.1, 0.15) is 11.6 Å². The monoisotopic (exact) mass is 311 g/mol. The Morgan fingerprint density at radius 1 is 1.38 bits per heavy atom. The average molecular weight is 312 g/mol. The van der Waals surface area contributed by atoms with Crippen molar-refractivity contribution in [3.63, 3.8) is 0 Å². The molecule has 2 rings (SSSR count). The number of hydrogen-bond acceptors (Lipinski definition) is 2. The van der Waals surface area contributed by atoms with Crippen molar-refractivity contribution in [2.75, 3.05) is 13.2 Å². The van der Waals surface area contributed by atoms with Gasteiger partial charge in [-0.1, -0.05) is 23.3 Å². The van der Waals surface area contributed by atoms with Crippen LogP contribution in [0.15, 0.2) is 29.8 Å². The van der Waals surface area contributed by atoms with Crippen molar-refractivity contribution < 1.29 is 13.9 Å². The van der Waals surface area contributed by atoms with Crippen LogP contribution in [0.2, 0.25) is 5.02 Å². The molecule has 0 spiro atoms. The van der Waals surface area contributed by atoms with E-state index in [9.17, 15) is 9.18 Å². The third kappa shape index (κ3) is 5.38. The van der Waals surface area contributed by atoms with E-state index in [-0.39, 0.29) is 17.5 Å². The molecule has 1 aliphatic rings. The Morgan fingerprint density at radius 3 is 2.95 bits per heavy atom. The van der Waals surface area contributed by atoms with Crippen molar-refractivity contribution >= 4 is 17.5 Å². The number of carbonyl (C=O) groups excluding carboxylic acids is 1. The summed E-state index contributed by atoms with van der Waals surface area (Å²) in [5.41, 5.74) is 1.42. The molecule has 0 radical (unpaired) electrons. The molecule has 0 saturated carbocycles. The van der Waals surface area contributed by atoms with Crippen molar-refractivity contribution in [3.05, 3.63) is 40.7 Å². The normalized spacial score (nSPS) is 14.5. The lowest BCUT2D eigenvalue weighted by Gasteiger charge is -2.13. The molecule has 0 fully saturated rings. The first-order valence-corrected chi connectivity index (χ1v) is 7.55. The van der Waals surface area contributed by atoms with Gasteiger partial charge in [0.05, 0.1) is 5.02 Å². The molecule has 0 unspecified atom stereocenters. The Hall–Kier alpha value is -1.55. The van der Waals surface area contributed by atoms with Crippen molar-refractivity contribution in [1.82, 2.24) is 5.32 Å². The van der Waals surface area contributed by atoms with Crippen molar-refractivity contribution in [3.8, 4) is 5.75 Å². The number of ether oxygens (including phenoxy) is 1. The van der Waals surface area contributed by atoms with Crippen molar-refractivity contribution in [2.24, 2.45) is 0 Å². The predicted octanol–water partition coefficient (Wildman–Crippen LogP) is 3.86. The fourth-order valence-electron chi connectivity index (χ4n) is 2.28. The lowest BCUT2D eigenvalue weighted by atomic mass is 9.97. The quantitative estimate of drug-likeness (QED) is 0.810. The van der Waals surface area contributed by atoms with Crippen LogP contribution >= 0.6 is 11.6 Å². The number of hydrogen-bond donors (Lipinski definition) is 1. The molecule has 0 bridgehead atoms. The molecule has 0 heterocycles. The number of rotatable bonds is 6. The number of allylic oxidation sites excluding steroid dienone is 1. The maximum absolute atomic E-state index is 12.9. The molecule has 5 heteroatoms. The molecule has 1 aromatic rings. The first kappa shape index (κ1) is 15.8. The van der Waals surface area contributed by atoms with E-state index in [1.165, 1.54) is 30.5 Å². The van der Waals surface area contributed by atoms with Crippen molar-refractivity contribution in [1.29, 1.82) is 0 Å². The van der Waals surface area contributed by atoms with E-state index in [4.69, 9.17) is 16.3 Å². The Balaban J connectivity index is 1.68. The number of carbonyl (C=O) groups is 1. The van der Waals surface area contributed by atoms with Gasteiger partial charge in [-0.25, -0.2) is 4.39 Å². The highest BCUT2D eigenvalue weighted by Gasteiger charge is 2.08. The van der Waals surface area contributed by atoms with Crippen molar-refractivity contribution in [2.45, 2.75) is 32.1 Å². The van der Waals surface area contributed by atoms with E-state index in [1.54, 1.807) is 0 Å². The second-order valence-electron chi connectivity index (χ2n) is 5.07. The fourth-order valence-corrected chi connectivity index (χ4v) is 2.50. The van der Waals surface area contributed by atoms with Gasteiger partial charge in [0.25, 0.3) is 5.91 Å². The van der Waals surface area contributed by atoms with Gasteiger partial charge >= 0.3 is 0 Å². The van der Waals surface area contributed by atoms with E-state index in [1.807, 2.05) is 0 Å². The summed E-state index contributed by atoms with van der Waals surface area (Å²) in [7, 11) is 0. The zero-order valence-electron chi connectivity index (χ0n) is 11.8. The zero-order valence-corrected chi connectivity index (χ0v) is 12.6. The summed E-state index contributed by atoms with van der Waals surface area (Å²) in [6, 6.07) is 3.82. The summed E-state index contributed by atoms with van der Waals surface area (Å²) in [4.78, 5) is 11.7. The van der Waals surface area contributed by atoms with Gasteiger partial charge in [0, 0.05) is 6.54 Å². The Kier molecular flexibility index (Phi) is 6.05. The van der Waals surface area contributed by atoms with Gasteiger partial charge < -0.3 is 10.1 Å². The fraction of sp³-hybridized carbons (Fsp3) is 0.438. The highest BCUT2D eigenvalue weighted by molar-refractivity contribution is 6.32. The van der Waals surface area contributed by atoms with Gasteiger partial charge in [-0.3, -0.25) is 4.79 Å². The summed E-state index contributed by atoms with van der Waals surface area (Å²) >= 11 is 5.81. The molecule has 0 aromatic heterocycles. The Bertz CT molecular complexity index is 531. The molecule has 1 N–H and O–H groups in total. The number of nitrogens with one attached hydrogen (secondary N) is 1. The SMILES string of the molecule is O=C(COc1ccc(F)cc1Cl)NCCC1=CCCCC1. The average Bonchev–Trinajstić information content (AvgIpc) is 2.47. The number of amides is 1. The lowest BCUT2D eigenvalue weighted by Crippen LogP contribution is -2.30. The van der Waals surface area contributed by atoms with Gasteiger partial charge in [0.15, 0.2) is 6.61 Å². The summed E-state index contributed by atoms with van der Waals surface area (Å²) < 4.78 is 18.1. The molecule has 1 aliphatic carbocycles. The molecule has 114 valence electrons. The standard InChI is InChI=1S/C16H19ClFNO2/c17-14-10-13(18)6-7-15(14)21-11-16(20)19-9-8-12-4-2-1-3-5-12/h4,6-7,10H,1-3,5,8-9,11H2,(H,19,20). The van der Waals surface area contributed by atoms with E-state index in [0.717, 1.165) is 25.3 Å². The Labute approximate surface area is 129 Å². The van der Waals surface area contributed by atoms with Crippen LogP contribution in [0.3, 0.4) is 0 Å². The van der Waals surface area contributed by atoms with E-state index >= 15 is 0 Å². The maximum atomic E-state index is 12.9. The molecular weight excluding hydrogens is 293 g/mol. The minimum atomic E-state index is -0.433. The smallest absolute Gasteiger partial charge is 0.257 e. The molecule has 1 amide bonds. The predicted molar refractivity (Wildman–Crippen MR) is 81.1 cm³/mol. The summed E-state index contributed by atoms with van der Waals surface area (Å²) in [6.07, 6.45) is 7.95. The van der Waals surface area contributed by atoms with Gasteiger partial charge in [0.2, 0.25) is 0 Å². The van der Waals surface area contributed by atoms with Crippen LogP contribution in [-0.2, 0) is 4.79 Å². The second-order valence-corrected chi connectivity index (χ2v) is 5.48. The third-order valence-corrected chi connectivity index (χ3v) is 3.70. The highest BCUT2D eigenvalue weighted by atomic mass is 35.5. The van der Waals surface area contributed by atoms with Crippen LogP contribution < -0.4 is 10.1 Å². The van der Waals surface area contributed by atoms with Crippen LogP contribution in [0.25, 0.3) is 0 Å². The molecule has 3 nitrogen and oxygen atoms in total. The molecule has 0 aliphatic heterocycles. The van der Waals surface area contributed by atoms with Gasteiger partial charge in [-0.15, -0.1) is 0 Å². The van der Waals surface area contributed by atoms with E-state index < -0.39 is 5.82 Å². The maximum Gasteiger partial charge on any atom is 0.257 e. The summed E-state index contributed by atoms with van der Waals surface area (Å²) in [5.74, 6) is -0.326. The molecule has 21 heavy (non-hydrogen) atoms. The highest BCUT2D eigenvalue weighted by Crippen LogP contribution is 2.24. The van der Waals surface area contributed by atoms with Crippen LogP contribution in [0, 0.1) is 5.82 Å².